The van der Waals surface area contributed by atoms with Crippen LogP contribution in [0.1, 0.15) is 127 Å². The van der Waals surface area contributed by atoms with Crippen molar-refractivity contribution < 1.29 is 0 Å². The van der Waals surface area contributed by atoms with Gasteiger partial charge in [0.15, 0.2) is 0 Å². The maximum Gasteiger partial charge on any atom is 0.0502 e. The lowest BCUT2D eigenvalue weighted by Gasteiger charge is -2.47. The van der Waals surface area contributed by atoms with E-state index in [-0.39, 0.29) is 10.8 Å². The molecule has 5 aromatic rings. The molecule has 7 rings (SSSR count). The zero-order valence-electron chi connectivity index (χ0n) is 30.9. The van der Waals surface area contributed by atoms with Gasteiger partial charge in [-0.1, -0.05) is 158 Å². The summed E-state index contributed by atoms with van der Waals surface area (Å²) in [6.45, 7) is 9.34. The molecule has 0 N–H and O–H groups in total. The molecule has 0 aromatic heterocycles. The summed E-state index contributed by atoms with van der Waals surface area (Å²) in [6.07, 6.45) is 14.5. The molecule has 50 heavy (non-hydrogen) atoms. The minimum atomic E-state index is 0.0262. The second-order valence-electron chi connectivity index (χ2n) is 14.8. The van der Waals surface area contributed by atoms with Crippen molar-refractivity contribution in [2.75, 3.05) is 9.80 Å². The molecule has 0 amide bonds. The lowest BCUT2D eigenvalue weighted by molar-refractivity contribution is 0.403. The Balaban J connectivity index is 1.40. The Kier molecular flexibility index (Phi) is 10.2. The molecule has 0 bridgehead atoms. The number of anilines is 6. The minimum Gasteiger partial charge on any atom is -0.310 e. The first-order valence-corrected chi connectivity index (χ1v) is 19.7. The highest BCUT2D eigenvalue weighted by Gasteiger charge is 2.44. The second kappa shape index (κ2) is 14.9. The summed E-state index contributed by atoms with van der Waals surface area (Å²) in [5, 5.41) is 0. The number of para-hydroxylation sites is 4. The first kappa shape index (κ1) is 34.2. The maximum absolute atomic E-state index is 2.55. The van der Waals surface area contributed by atoms with Crippen LogP contribution in [0.2, 0.25) is 0 Å². The molecular weight excluding hydrogens is 605 g/mol. The van der Waals surface area contributed by atoms with Gasteiger partial charge in [-0.15, -0.1) is 0 Å². The Morgan fingerprint density at radius 2 is 0.640 bits per heavy atom. The van der Waals surface area contributed by atoms with E-state index in [1.54, 1.807) is 0 Å². The third-order valence-electron chi connectivity index (χ3n) is 11.8. The van der Waals surface area contributed by atoms with Crippen molar-refractivity contribution in [2.24, 2.45) is 0 Å². The van der Waals surface area contributed by atoms with Crippen LogP contribution < -0.4 is 9.80 Å². The van der Waals surface area contributed by atoms with Crippen LogP contribution in [0.3, 0.4) is 0 Å². The van der Waals surface area contributed by atoms with Crippen molar-refractivity contribution in [1.29, 1.82) is 0 Å². The Labute approximate surface area is 302 Å². The fraction of sp³-hybridized carbons (Fsp3) is 0.375. The van der Waals surface area contributed by atoms with Gasteiger partial charge in [0.1, 0.15) is 0 Å². The molecule has 5 aromatic carbocycles. The summed E-state index contributed by atoms with van der Waals surface area (Å²) in [5.74, 6) is 0. The molecule has 0 atom stereocenters. The smallest absolute Gasteiger partial charge is 0.0502 e. The topological polar surface area (TPSA) is 6.48 Å². The van der Waals surface area contributed by atoms with E-state index in [0.717, 1.165) is 0 Å². The van der Waals surface area contributed by atoms with E-state index in [1.807, 2.05) is 0 Å². The molecule has 0 saturated carbocycles. The molecule has 0 radical (unpaired) electrons. The van der Waals surface area contributed by atoms with Crippen molar-refractivity contribution in [1.82, 2.24) is 0 Å². The van der Waals surface area contributed by atoms with Crippen LogP contribution in [0.25, 0.3) is 0 Å². The number of hydrogen-bond acceptors (Lipinski definition) is 2. The van der Waals surface area contributed by atoms with E-state index in [0.29, 0.717) is 0 Å². The highest BCUT2D eigenvalue weighted by atomic mass is 15.2. The molecule has 258 valence electrons. The van der Waals surface area contributed by atoms with Gasteiger partial charge in [-0.2, -0.15) is 0 Å². The highest BCUT2D eigenvalue weighted by Crippen LogP contribution is 2.58. The summed E-state index contributed by atoms with van der Waals surface area (Å²) in [5.41, 5.74) is 13.7. The molecule has 0 aliphatic carbocycles. The summed E-state index contributed by atoms with van der Waals surface area (Å²) >= 11 is 0. The Hall–Kier alpha value is -4.30. The summed E-state index contributed by atoms with van der Waals surface area (Å²) < 4.78 is 0. The molecule has 2 aliphatic rings. The third-order valence-corrected chi connectivity index (χ3v) is 11.8. The van der Waals surface area contributed by atoms with E-state index in [4.69, 9.17) is 0 Å². The quantitative estimate of drug-likeness (QED) is 0.117. The van der Waals surface area contributed by atoms with Gasteiger partial charge in [0.25, 0.3) is 0 Å². The Morgan fingerprint density at radius 3 is 0.920 bits per heavy atom. The fourth-order valence-electron chi connectivity index (χ4n) is 9.41. The van der Waals surface area contributed by atoms with Crippen LogP contribution in [0.15, 0.2) is 121 Å². The summed E-state index contributed by atoms with van der Waals surface area (Å²) in [4.78, 5) is 5.11. The van der Waals surface area contributed by atoms with E-state index in [2.05, 4.69) is 159 Å². The molecule has 2 nitrogen and oxygen atoms in total. The van der Waals surface area contributed by atoms with Crippen molar-refractivity contribution in [3.8, 4) is 0 Å². The number of hydrogen-bond donors (Lipinski definition) is 0. The van der Waals surface area contributed by atoms with Crippen molar-refractivity contribution in [2.45, 2.75) is 116 Å². The van der Waals surface area contributed by atoms with Gasteiger partial charge in [0.2, 0.25) is 0 Å². The Bertz CT molecular complexity index is 1650. The maximum atomic E-state index is 2.55. The van der Waals surface area contributed by atoms with Gasteiger partial charge in [-0.25, -0.2) is 0 Å². The largest absolute Gasteiger partial charge is 0.310 e. The predicted octanol–water partition coefficient (Wildman–Crippen LogP) is 14.6. The lowest BCUT2D eigenvalue weighted by Crippen LogP contribution is -2.36. The average molecular weight is 661 g/mol. The normalized spacial score (nSPS) is 15.2. The van der Waals surface area contributed by atoms with Gasteiger partial charge in [-0.05, 0) is 90.4 Å². The van der Waals surface area contributed by atoms with E-state index in [9.17, 15) is 0 Å². The van der Waals surface area contributed by atoms with Crippen LogP contribution in [0, 0.1) is 0 Å². The molecule has 2 aliphatic heterocycles. The van der Waals surface area contributed by atoms with Gasteiger partial charge >= 0.3 is 0 Å². The van der Waals surface area contributed by atoms with E-state index >= 15 is 0 Å². The summed E-state index contributed by atoms with van der Waals surface area (Å²) in [6, 6.07) is 46.5. The number of fused-ring (bicyclic) bond motifs is 4. The molecule has 0 saturated heterocycles. The van der Waals surface area contributed by atoms with E-state index < -0.39 is 0 Å². The first-order valence-electron chi connectivity index (χ1n) is 19.7. The SMILES string of the molecule is CCCCC1(CCCC)c2ccccc2N(c2cccc(N3c4ccccc4C(CCCC)(CCCC)c4ccccc43)c2)c2ccccc21. The molecular formula is C48H56N2. The monoisotopic (exact) mass is 660 g/mol. The highest BCUT2D eigenvalue weighted by molar-refractivity contribution is 5.90. The van der Waals surface area contributed by atoms with Gasteiger partial charge in [0.05, 0.1) is 22.7 Å². The number of benzene rings is 5. The van der Waals surface area contributed by atoms with Crippen LogP contribution in [0.5, 0.6) is 0 Å². The third kappa shape index (κ3) is 5.75. The Morgan fingerprint density at radius 1 is 0.360 bits per heavy atom. The molecule has 0 unspecified atom stereocenters. The number of nitrogens with zero attached hydrogens (tertiary/aromatic N) is 2. The van der Waals surface area contributed by atoms with Crippen LogP contribution >= 0.6 is 0 Å². The first-order chi connectivity index (χ1) is 24.6. The van der Waals surface area contributed by atoms with Crippen molar-refractivity contribution >= 4 is 34.1 Å². The summed E-state index contributed by atoms with van der Waals surface area (Å²) in [7, 11) is 0. The molecule has 2 heteroatoms. The second-order valence-corrected chi connectivity index (χ2v) is 14.8. The fourth-order valence-corrected chi connectivity index (χ4v) is 9.41. The zero-order chi connectivity index (χ0) is 34.6. The van der Waals surface area contributed by atoms with Crippen LogP contribution in [-0.4, -0.2) is 0 Å². The van der Waals surface area contributed by atoms with Gasteiger partial charge in [-0.3, -0.25) is 0 Å². The number of rotatable bonds is 14. The zero-order valence-corrected chi connectivity index (χ0v) is 30.9. The predicted molar refractivity (Wildman–Crippen MR) is 215 cm³/mol. The minimum absolute atomic E-state index is 0.0262. The van der Waals surface area contributed by atoms with Gasteiger partial charge < -0.3 is 9.80 Å². The van der Waals surface area contributed by atoms with Crippen LogP contribution in [-0.2, 0) is 10.8 Å². The van der Waals surface area contributed by atoms with Crippen molar-refractivity contribution in [3.05, 3.63) is 144 Å². The molecule has 0 spiro atoms. The van der Waals surface area contributed by atoms with Crippen LogP contribution in [0.4, 0.5) is 34.1 Å². The lowest BCUT2D eigenvalue weighted by atomic mass is 9.65. The number of unbranched alkanes of at least 4 members (excludes halogenated alkanes) is 4. The molecule has 0 fully saturated rings. The van der Waals surface area contributed by atoms with Gasteiger partial charge in [0, 0.05) is 22.2 Å². The molecule has 2 heterocycles. The van der Waals surface area contributed by atoms with Crippen molar-refractivity contribution in [3.63, 3.8) is 0 Å². The average Bonchev–Trinajstić information content (AvgIpc) is 3.17. The van der Waals surface area contributed by atoms with E-state index in [1.165, 1.54) is 133 Å². The standard InChI is InChI=1S/C48H56N2/c1-5-9-32-47(33-10-6-2)39-24-13-17-28-43(39)49(44-29-18-14-25-40(44)47)37-22-21-23-38(36-37)50-45-30-19-15-26-41(45)48(34-11-7-3,35-12-8-4)42-27-16-20-31-46(42)50/h13-31,36H,5-12,32-35H2,1-4H3.